The van der Waals surface area contributed by atoms with Crippen molar-refractivity contribution in [2.24, 2.45) is 23.5 Å². The van der Waals surface area contributed by atoms with Crippen molar-refractivity contribution in [1.29, 1.82) is 0 Å². The van der Waals surface area contributed by atoms with Gasteiger partial charge in [-0.3, -0.25) is 9.59 Å². The van der Waals surface area contributed by atoms with Gasteiger partial charge >= 0.3 is 0 Å². The molecule has 0 spiro atoms. The maximum Gasteiger partial charge on any atom is 0.239 e. The molecule has 128 valence electrons. The van der Waals surface area contributed by atoms with Gasteiger partial charge in [-0.1, -0.05) is 17.7 Å². The molecule has 2 heterocycles. The number of hydrogen-bond acceptors (Lipinski definition) is 3. The number of rotatable bonds is 2. The lowest BCUT2D eigenvalue weighted by Gasteiger charge is -2.22. The second-order valence-electron chi connectivity index (χ2n) is 7.22. The summed E-state index contributed by atoms with van der Waals surface area (Å²) < 4.78 is 0. The van der Waals surface area contributed by atoms with Crippen LogP contribution in [0.25, 0.3) is 0 Å². The minimum atomic E-state index is -0.556. The van der Waals surface area contributed by atoms with Gasteiger partial charge in [-0.2, -0.15) is 0 Å². The molecular weight excluding hydrogens is 326 g/mol. The Balaban J connectivity index is 1.46. The fraction of sp³-hybridized carbons (Fsp3) is 0.556. The van der Waals surface area contributed by atoms with Gasteiger partial charge in [-0.05, 0) is 49.3 Å². The van der Waals surface area contributed by atoms with Crippen LogP contribution in [0.4, 0.5) is 5.69 Å². The van der Waals surface area contributed by atoms with Gasteiger partial charge in [0.1, 0.15) is 5.92 Å². The number of benzene rings is 1. The third-order valence-electron chi connectivity index (χ3n) is 5.85. The van der Waals surface area contributed by atoms with E-state index in [9.17, 15) is 9.59 Å². The second-order valence-corrected chi connectivity index (χ2v) is 7.66. The van der Waals surface area contributed by atoms with Crippen molar-refractivity contribution in [2.75, 3.05) is 24.5 Å². The van der Waals surface area contributed by atoms with Gasteiger partial charge in [-0.15, -0.1) is 0 Å². The van der Waals surface area contributed by atoms with Crippen LogP contribution in [0.1, 0.15) is 19.3 Å². The Bertz CT molecular complexity index is 680. The molecule has 1 saturated carbocycles. The Morgan fingerprint density at radius 1 is 1.21 bits per heavy atom. The molecule has 5 nitrogen and oxygen atoms in total. The molecule has 4 unspecified atom stereocenters. The van der Waals surface area contributed by atoms with Gasteiger partial charge in [0.25, 0.3) is 0 Å². The summed E-state index contributed by atoms with van der Waals surface area (Å²) in [4.78, 5) is 29.1. The number of hydrogen-bond donors (Lipinski definition) is 1. The number of carbonyl (C=O) groups excluding carboxylic acids is 2. The maximum absolute atomic E-state index is 12.9. The lowest BCUT2D eigenvalue weighted by atomic mass is 9.98. The molecule has 2 aliphatic heterocycles. The molecule has 1 aliphatic carbocycles. The number of halogens is 1. The van der Waals surface area contributed by atoms with Crippen molar-refractivity contribution in [2.45, 2.75) is 25.3 Å². The fourth-order valence-corrected chi connectivity index (χ4v) is 4.70. The topological polar surface area (TPSA) is 66.6 Å². The SMILES string of the molecule is NC1CCC2CN(C(=O)C3CCN(c4cccc(Cl)c4)C3=O)CC12. The quantitative estimate of drug-likeness (QED) is 0.831. The van der Waals surface area contributed by atoms with E-state index >= 15 is 0 Å². The molecule has 4 atom stereocenters. The van der Waals surface area contributed by atoms with Crippen LogP contribution in [0.2, 0.25) is 5.02 Å². The summed E-state index contributed by atoms with van der Waals surface area (Å²) in [6, 6.07) is 7.43. The minimum absolute atomic E-state index is 0.0221. The van der Waals surface area contributed by atoms with Gasteiger partial charge < -0.3 is 15.5 Å². The van der Waals surface area contributed by atoms with E-state index < -0.39 is 5.92 Å². The zero-order chi connectivity index (χ0) is 16.8. The third-order valence-corrected chi connectivity index (χ3v) is 6.08. The van der Waals surface area contributed by atoms with Crippen LogP contribution < -0.4 is 10.6 Å². The van der Waals surface area contributed by atoms with Crippen LogP contribution in [-0.2, 0) is 9.59 Å². The van der Waals surface area contributed by atoms with Crippen molar-refractivity contribution in [3.8, 4) is 0 Å². The van der Waals surface area contributed by atoms with Crippen LogP contribution in [0.5, 0.6) is 0 Å². The van der Waals surface area contributed by atoms with Crippen LogP contribution in [0.3, 0.4) is 0 Å². The molecule has 2 amide bonds. The summed E-state index contributed by atoms with van der Waals surface area (Å²) in [6.07, 6.45) is 2.73. The molecule has 2 saturated heterocycles. The number of anilines is 1. The Kier molecular flexibility index (Phi) is 4.01. The fourth-order valence-electron chi connectivity index (χ4n) is 4.52. The van der Waals surface area contributed by atoms with E-state index in [1.807, 2.05) is 17.0 Å². The molecule has 0 bridgehead atoms. The number of amides is 2. The summed E-state index contributed by atoms with van der Waals surface area (Å²) in [5.74, 6) is 0.243. The van der Waals surface area contributed by atoms with E-state index in [0.29, 0.717) is 36.4 Å². The molecule has 3 fully saturated rings. The van der Waals surface area contributed by atoms with Gasteiger partial charge in [0, 0.05) is 36.4 Å². The van der Waals surface area contributed by atoms with E-state index in [2.05, 4.69) is 0 Å². The van der Waals surface area contributed by atoms with Crippen molar-refractivity contribution in [3.05, 3.63) is 29.3 Å². The first kappa shape index (κ1) is 15.9. The maximum atomic E-state index is 12.9. The Morgan fingerprint density at radius 2 is 2.04 bits per heavy atom. The van der Waals surface area contributed by atoms with Crippen LogP contribution in [0.15, 0.2) is 24.3 Å². The molecule has 0 aromatic heterocycles. The van der Waals surface area contributed by atoms with E-state index in [1.54, 1.807) is 17.0 Å². The van der Waals surface area contributed by atoms with Crippen molar-refractivity contribution >= 4 is 29.1 Å². The summed E-state index contributed by atoms with van der Waals surface area (Å²) in [5, 5.41) is 0.594. The van der Waals surface area contributed by atoms with Crippen LogP contribution >= 0.6 is 11.6 Å². The van der Waals surface area contributed by atoms with Crippen LogP contribution in [0, 0.1) is 17.8 Å². The number of likely N-dealkylation sites (tertiary alicyclic amines) is 1. The first-order valence-electron chi connectivity index (χ1n) is 8.66. The Labute approximate surface area is 146 Å². The minimum Gasteiger partial charge on any atom is -0.341 e. The third kappa shape index (κ3) is 2.60. The van der Waals surface area contributed by atoms with Gasteiger partial charge in [0.15, 0.2) is 0 Å². The summed E-state index contributed by atoms with van der Waals surface area (Å²) in [5.41, 5.74) is 6.92. The van der Waals surface area contributed by atoms with E-state index in [4.69, 9.17) is 17.3 Å². The highest BCUT2D eigenvalue weighted by Crippen LogP contribution is 2.38. The highest BCUT2D eigenvalue weighted by molar-refractivity contribution is 6.31. The molecule has 1 aromatic carbocycles. The predicted octanol–water partition coefficient (Wildman–Crippen LogP) is 1.89. The smallest absolute Gasteiger partial charge is 0.239 e. The normalized spacial score (nSPS) is 32.5. The molecule has 24 heavy (non-hydrogen) atoms. The Hall–Kier alpha value is -1.59. The highest BCUT2D eigenvalue weighted by Gasteiger charge is 2.46. The molecular formula is C18H22ClN3O2. The van der Waals surface area contributed by atoms with Crippen LogP contribution in [-0.4, -0.2) is 42.4 Å². The van der Waals surface area contributed by atoms with Gasteiger partial charge in [0.05, 0.1) is 0 Å². The largest absolute Gasteiger partial charge is 0.341 e. The van der Waals surface area contributed by atoms with Crippen molar-refractivity contribution in [1.82, 2.24) is 4.90 Å². The average molecular weight is 348 g/mol. The molecule has 4 rings (SSSR count). The molecule has 6 heteroatoms. The van der Waals surface area contributed by atoms with Gasteiger partial charge in [-0.25, -0.2) is 0 Å². The monoisotopic (exact) mass is 347 g/mol. The lowest BCUT2D eigenvalue weighted by Crippen LogP contribution is -2.40. The summed E-state index contributed by atoms with van der Waals surface area (Å²) >= 11 is 6.02. The van der Waals surface area contributed by atoms with Crippen molar-refractivity contribution < 1.29 is 9.59 Å². The van der Waals surface area contributed by atoms with E-state index in [-0.39, 0.29) is 17.9 Å². The molecule has 3 aliphatic rings. The summed E-state index contributed by atoms with van der Waals surface area (Å²) in [7, 11) is 0. The molecule has 2 N–H and O–H groups in total. The zero-order valence-corrected chi connectivity index (χ0v) is 14.3. The Morgan fingerprint density at radius 3 is 2.79 bits per heavy atom. The zero-order valence-electron chi connectivity index (χ0n) is 13.5. The predicted molar refractivity (Wildman–Crippen MR) is 92.7 cm³/mol. The molecule has 0 radical (unpaired) electrons. The standard InChI is InChI=1S/C18H22ClN3O2/c19-12-2-1-3-13(8-12)22-7-6-14(18(22)24)17(23)21-9-11-4-5-16(20)15(11)10-21/h1-3,8,11,14-16H,4-7,9-10,20H2. The summed E-state index contributed by atoms with van der Waals surface area (Å²) in [6.45, 7) is 2.04. The number of nitrogens with zero attached hydrogens (tertiary/aromatic N) is 2. The first-order valence-corrected chi connectivity index (χ1v) is 9.03. The average Bonchev–Trinajstić information content (AvgIpc) is 3.23. The second kappa shape index (κ2) is 6.05. The number of nitrogens with two attached hydrogens (primary N) is 1. The van der Waals surface area contributed by atoms with Gasteiger partial charge in [0.2, 0.25) is 11.8 Å². The lowest BCUT2D eigenvalue weighted by molar-refractivity contribution is -0.139. The number of carbonyl (C=O) groups is 2. The van der Waals surface area contributed by atoms with E-state index in [0.717, 1.165) is 25.1 Å². The van der Waals surface area contributed by atoms with Crippen molar-refractivity contribution in [3.63, 3.8) is 0 Å². The van der Waals surface area contributed by atoms with E-state index in [1.165, 1.54) is 0 Å². The first-order chi connectivity index (χ1) is 11.5. The molecule has 1 aromatic rings. The number of fused-ring (bicyclic) bond motifs is 1. The highest BCUT2D eigenvalue weighted by atomic mass is 35.5.